The Balaban J connectivity index is 3.71. The topological polar surface area (TPSA) is 21.3 Å². The quantitative estimate of drug-likeness (QED) is 0.652. The molecule has 0 spiro atoms. The predicted octanol–water partition coefficient (Wildman–Crippen LogP) is 2.97. The normalized spacial score (nSPS) is 14.4. The Bertz CT molecular complexity index is 134. The summed E-state index contributed by atoms with van der Waals surface area (Å²) < 4.78 is 5.41. The SMILES string of the molecule is CCCCC(CCC(C)(C)OC)NC. The van der Waals surface area contributed by atoms with Crippen LogP contribution >= 0.6 is 0 Å². The molecule has 0 aliphatic heterocycles. The molecular formula is C12H27NO. The minimum atomic E-state index is 0.0291. The second-order valence-electron chi connectivity index (χ2n) is 4.63. The van der Waals surface area contributed by atoms with Crippen molar-refractivity contribution in [2.45, 2.75) is 64.5 Å². The lowest BCUT2D eigenvalue weighted by Gasteiger charge is -2.25. The molecular weight excluding hydrogens is 174 g/mol. The first-order valence-corrected chi connectivity index (χ1v) is 5.78. The summed E-state index contributed by atoms with van der Waals surface area (Å²) in [6.07, 6.45) is 6.22. The molecule has 0 fully saturated rings. The Labute approximate surface area is 89.4 Å². The van der Waals surface area contributed by atoms with E-state index in [0.717, 1.165) is 6.42 Å². The monoisotopic (exact) mass is 201 g/mol. The van der Waals surface area contributed by atoms with Crippen LogP contribution < -0.4 is 5.32 Å². The van der Waals surface area contributed by atoms with Crippen molar-refractivity contribution in [3.8, 4) is 0 Å². The summed E-state index contributed by atoms with van der Waals surface area (Å²) in [6, 6.07) is 0.657. The largest absolute Gasteiger partial charge is 0.379 e. The Kier molecular flexibility index (Phi) is 7.20. The highest BCUT2D eigenvalue weighted by Gasteiger charge is 2.18. The van der Waals surface area contributed by atoms with Crippen molar-refractivity contribution in [3.63, 3.8) is 0 Å². The maximum atomic E-state index is 5.41. The van der Waals surface area contributed by atoms with Gasteiger partial charge in [0.25, 0.3) is 0 Å². The fourth-order valence-electron chi connectivity index (χ4n) is 1.51. The predicted molar refractivity (Wildman–Crippen MR) is 62.7 cm³/mol. The number of unbranched alkanes of at least 4 members (excludes halogenated alkanes) is 1. The van der Waals surface area contributed by atoms with Gasteiger partial charge in [0.15, 0.2) is 0 Å². The lowest BCUT2D eigenvalue weighted by Crippen LogP contribution is -2.30. The third-order valence-electron chi connectivity index (χ3n) is 2.96. The van der Waals surface area contributed by atoms with Gasteiger partial charge < -0.3 is 10.1 Å². The maximum absolute atomic E-state index is 5.41. The van der Waals surface area contributed by atoms with Crippen LogP contribution in [0.15, 0.2) is 0 Å². The van der Waals surface area contributed by atoms with Gasteiger partial charge in [0.2, 0.25) is 0 Å². The van der Waals surface area contributed by atoms with E-state index in [0.29, 0.717) is 6.04 Å². The molecule has 0 saturated carbocycles. The van der Waals surface area contributed by atoms with Crippen LogP contribution in [-0.2, 0) is 4.74 Å². The van der Waals surface area contributed by atoms with E-state index in [1.54, 1.807) is 7.11 Å². The van der Waals surface area contributed by atoms with Crippen molar-refractivity contribution in [1.29, 1.82) is 0 Å². The molecule has 86 valence electrons. The molecule has 0 saturated heterocycles. The van der Waals surface area contributed by atoms with E-state index in [-0.39, 0.29) is 5.60 Å². The van der Waals surface area contributed by atoms with Gasteiger partial charge in [-0.1, -0.05) is 19.8 Å². The number of rotatable bonds is 8. The molecule has 0 radical (unpaired) electrons. The second-order valence-corrected chi connectivity index (χ2v) is 4.63. The third kappa shape index (κ3) is 6.39. The average Bonchev–Trinajstić information content (AvgIpc) is 2.18. The fourth-order valence-corrected chi connectivity index (χ4v) is 1.51. The lowest BCUT2D eigenvalue weighted by atomic mass is 9.96. The molecule has 14 heavy (non-hydrogen) atoms. The number of nitrogens with one attached hydrogen (secondary N) is 1. The van der Waals surface area contributed by atoms with Crippen molar-refractivity contribution in [3.05, 3.63) is 0 Å². The van der Waals surface area contributed by atoms with Gasteiger partial charge >= 0.3 is 0 Å². The van der Waals surface area contributed by atoms with Crippen LogP contribution in [0.25, 0.3) is 0 Å². The molecule has 0 aromatic carbocycles. The molecule has 1 atom stereocenters. The van der Waals surface area contributed by atoms with Crippen LogP contribution in [0.1, 0.15) is 52.9 Å². The third-order valence-corrected chi connectivity index (χ3v) is 2.96. The Hall–Kier alpha value is -0.0800. The highest BCUT2D eigenvalue weighted by molar-refractivity contribution is 4.73. The average molecular weight is 201 g/mol. The van der Waals surface area contributed by atoms with Gasteiger partial charge in [0, 0.05) is 13.2 Å². The lowest BCUT2D eigenvalue weighted by molar-refractivity contribution is 0.0116. The van der Waals surface area contributed by atoms with E-state index >= 15 is 0 Å². The standard InChI is InChI=1S/C12H27NO/c1-6-7-8-11(13-4)9-10-12(2,3)14-5/h11,13H,6-10H2,1-5H3. The molecule has 0 heterocycles. The summed E-state index contributed by atoms with van der Waals surface area (Å²) >= 11 is 0. The van der Waals surface area contributed by atoms with Gasteiger partial charge in [-0.2, -0.15) is 0 Å². The summed E-state index contributed by atoms with van der Waals surface area (Å²) in [5.41, 5.74) is 0.0291. The zero-order valence-corrected chi connectivity index (χ0v) is 10.5. The molecule has 1 unspecified atom stereocenters. The van der Waals surface area contributed by atoms with Crippen LogP contribution in [0.3, 0.4) is 0 Å². The van der Waals surface area contributed by atoms with Crippen LogP contribution in [0.5, 0.6) is 0 Å². The van der Waals surface area contributed by atoms with Gasteiger partial charge in [-0.05, 0) is 40.2 Å². The zero-order chi connectivity index (χ0) is 11.0. The maximum Gasteiger partial charge on any atom is 0.0623 e. The Morgan fingerprint density at radius 3 is 2.36 bits per heavy atom. The van der Waals surface area contributed by atoms with Crippen molar-refractivity contribution in [2.24, 2.45) is 0 Å². The van der Waals surface area contributed by atoms with Crippen LogP contribution in [0.4, 0.5) is 0 Å². The zero-order valence-electron chi connectivity index (χ0n) is 10.5. The van der Waals surface area contributed by atoms with Crippen molar-refractivity contribution < 1.29 is 4.74 Å². The van der Waals surface area contributed by atoms with Crippen molar-refractivity contribution in [2.75, 3.05) is 14.2 Å². The van der Waals surface area contributed by atoms with Crippen LogP contribution in [-0.4, -0.2) is 25.8 Å². The molecule has 2 heteroatoms. The summed E-state index contributed by atoms with van der Waals surface area (Å²) in [4.78, 5) is 0. The summed E-state index contributed by atoms with van der Waals surface area (Å²) in [5.74, 6) is 0. The van der Waals surface area contributed by atoms with Crippen LogP contribution in [0.2, 0.25) is 0 Å². The molecule has 2 nitrogen and oxygen atoms in total. The minimum Gasteiger partial charge on any atom is -0.379 e. The number of ether oxygens (including phenoxy) is 1. The van der Waals surface area contributed by atoms with E-state index in [9.17, 15) is 0 Å². The van der Waals surface area contributed by atoms with E-state index in [4.69, 9.17) is 4.74 Å². The molecule has 0 bridgehead atoms. The van der Waals surface area contributed by atoms with E-state index in [1.807, 2.05) is 0 Å². The first kappa shape index (κ1) is 13.9. The molecule has 0 rings (SSSR count). The first-order valence-electron chi connectivity index (χ1n) is 5.78. The molecule has 0 aliphatic carbocycles. The van der Waals surface area contributed by atoms with Gasteiger partial charge in [-0.15, -0.1) is 0 Å². The molecule has 0 amide bonds. The summed E-state index contributed by atoms with van der Waals surface area (Å²) in [5, 5.41) is 3.38. The van der Waals surface area contributed by atoms with E-state index in [2.05, 4.69) is 33.1 Å². The van der Waals surface area contributed by atoms with Gasteiger partial charge in [0.1, 0.15) is 0 Å². The number of methoxy groups -OCH3 is 1. The molecule has 0 aliphatic rings. The highest BCUT2D eigenvalue weighted by atomic mass is 16.5. The smallest absolute Gasteiger partial charge is 0.0623 e. The number of hydrogen-bond donors (Lipinski definition) is 1. The van der Waals surface area contributed by atoms with Gasteiger partial charge in [-0.25, -0.2) is 0 Å². The Morgan fingerprint density at radius 1 is 1.29 bits per heavy atom. The van der Waals surface area contributed by atoms with E-state index < -0.39 is 0 Å². The van der Waals surface area contributed by atoms with E-state index in [1.165, 1.54) is 25.7 Å². The van der Waals surface area contributed by atoms with Crippen molar-refractivity contribution >= 4 is 0 Å². The van der Waals surface area contributed by atoms with Gasteiger partial charge in [-0.3, -0.25) is 0 Å². The number of hydrogen-bond acceptors (Lipinski definition) is 2. The van der Waals surface area contributed by atoms with Gasteiger partial charge in [0.05, 0.1) is 5.60 Å². The fraction of sp³-hybridized carbons (Fsp3) is 1.00. The minimum absolute atomic E-state index is 0.0291. The Morgan fingerprint density at radius 2 is 1.93 bits per heavy atom. The summed E-state index contributed by atoms with van der Waals surface area (Å²) in [6.45, 7) is 6.55. The van der Waals surface area contributed by atoms with Crippen molar-refractivity contribution in [1.82, 2.24) is 5.32 Å². The van der Waals surface area contributed by atoms with Crippen LogP contribution in [0, 0.1) is 0 Å². The molecule has 0 aromatic rings. The summed E-state index contributed by atoms with van der Waals surface area (Å²) in [7, 11) is 3.85. The molecule has 0 aromatic heterocycles. The first-order chi connectivity index (χ1) is 6.55. The highest BCUT2D eigenvalue weighted by Crippen LogP contribution is 2.18. The molecule has 1 N–H and O–H groups in total. The second kappa shape index (κ2) is 7.24.